The van der Waals surface area contributed by atoms with Crippen LogP contribution in [0.3, 0.4) is 0 Å². The smallest absolute Gasteiger partial charge is 0.142 e. The SMILES string of the molecule is Nc1ncc(F)cc1-c1cccc(OCc2ccccc2)c1. The van der Waals surface area contributed by atoms with E-state index in [1.165, 1.54) is 6.07 Å². The molecule has 1 aromatic heterocycles. The summed E-state index contributed by atoms with van der Waals surface area (Å²) in [6.07, 6.45) is 1.11. The van der Waals surface area contributed by atoms with Gasteiger partial charge in [0.1, 0.15) is 24.0 Å². The van der Waals surface area contributed by atoms with Gasteiger partial charge in [-0.15, -0.1) is 0 Å². The zero-order valence-corrected chi connectivity index (χ0v) is 11.9. The fourth-order valence-corrected chi connectivity index (χ4v) is 2.18. The van der Waals surface area contributed by atoms with Crippen molar-refractivity contribution in [1.29, 1.82) is 0 Å². The summed E-state index contributed by atoms with van der Waals surface area (Å²) in [7, 11) is 0. The molecule has 0 aliphatic heterocycles. The van der Waals surface area contributed by atoms with E-state index in [-0.39, 0.29) is 0 Å². The zero-order valence-electron chi connectivity index (χ0n) is 11.9. The van der Waals surface area contributed by atoms with Gasteiger partial charge in [-0.25, -0.2) is 9.37 Å². The van der Waals surface area contributed by atoms with Crippen LogP contribution in [0.4, 0.5) is 10.2 Å². The molecule has 0 saturated heterocycles. The van der Waals surface area contributed by atoms with Crippen molar-refractivity contribution in [1.82, 2.24) is 4.98 Å². The van der Waals surface area contributed by atoms with Crippen LogP contribution in [0.25, 0.3) is 11.1 Å². The number of hydrogen-bond acceptors (Lipinski definition) is 3. The number of anilines is 1. The number of aromatic nitrogens is 1. The van der Waals surface area contributed by atoms with Gasteiger partial charge in [0.25, 0.3) is 0 Å². The highest BCUT2D eigenvalue weighted by molar-refractivity contribution is 5.74. The molecule has 0 saturated carbocycles. The van der Waals surface area contributed by atoms with Gasteiger partial charge in [-0.1, -0.05) is 42.5 Å². The first-order valence-electron chi connectivity index (χ1n) is 6.90. The van der Waals surface area contributed by atoms with Gasteiger partial charge < -0.3 is 10.5 Å². The minimum atomic E-state index is -0.417. The number of nitrogens with zero attached hydrogens (tertiary/aromatic N) is 1. The van der Waals surface area contributed by atoms with Crippen molar-refractivity contribution in [3.05, 3.63) is 78.2 Å². The van der Waals surface area contributed by atoms with Crippen LogP contribution >= 0.6 is 0 Å². The minimum absolute atomic E-state index is 0.293. The molecule has 3 nitrogen and oxygen atoms in total. The molecule has 22 heavy (non-hydrogen) atoms. The highest BCUT2D eigenvalue weighted by Crippen LogP contribution is 2.28. The predicted molar refractivity (Wildman–Crippen MR) is 84.8 cm³/mol. The molecular formula is C18H15FN2O. The Balaban J connectivity index is 1.82. The van der Waals surface area contributed by atoms with Crippen molar-refractivity contribution in [3.63, 3.8) is 0 Å². The van der Waals surface area contributed by atoms with Gasteiger partial charge >= 0.3 is 0 Å². The number of hydrogen-bond donors (Lipinski definition) is 1. The summed E-state index contributed by atoms with van der Waals surface area (Å²) < 4.78 is 19.1. The first-order chi connectivity index (χ1) is 10.7. The number of pyridine rings is 1. The lowest BCUT2D eigenvalue weighted by molar-refractivity contribution is 0.306. The second kappa shape index (κ2) is 6.26. The van der Waals surface area contributed by atoms with E-state index in [4.69, 9.17) is 10.5 Å². The zero-order chi connectivity index (χ0) is 15.4. The molecule has 0 unspecified atom stereocenters. The monoisotopic (exact) mass is 294 g/mol. The number of rotatable bonds is 4. The molecule has 0 aliphatic rings. The molecule has 3 rings (SSSR count). The number of ether oxygens (including phenoxy) is 1. The maximum atomic E-state index is 13.4. The Morgan fingerprint density at radius 2 is 1.82 bits per heavy atom. The van der Waals surface area contributed by atoms with Crippen LogP contribution < -0.4 is 10.5 Å². The number of benzene rings is 2. The topological polar surface area (TPSA) is 48.1 Å². The minimum Gasteiger partial charge on any atom is -0.489 e. The molecule has 0 fully saturated rings. The van der Waals surface area contributed by atoms with E-state index in [9.17, 15) is 4.39 Å². The van der Waals surface area contributed by atoms with Crippen LogP contribution in [0, 0.1) is 5.82 Å². The molecule has 0 atom stereocenters. The van der Waals surface area contributed by atoms with Gasteiger partial charge in [-0.3, -0.25) is 0 Å². The second-order valence-electron chi connectivity index (χ2n) is 4.89. The number of nitrogen functional groups attached to an aromatic ring is 1. The molecule has 4 heteroatoms. The summed E-state index contributed by atoms with van der Waals surface area (Å²) in [6, 6.07) is 18.6. The average molecular weight is 294 g/mol. The maximum Gasteiger partial charge on any atom is 0.142 e. The van der Waals surface area contributed by atoms with E-state index in [0.29, 0.717) is 23.7 Å². The fraction of sp³-hybridized carbons (Fsp3) is 0.0556. The van der Waals surface area contributed by atoms with Crippen molar-refractivity contribution in [2.45, 2.75) is 6.61 Å². The van der Waals surface area contributed by atoms with E-state index in [2.05, 4.69) is 4.98 Å². The van der Waals surface area contributed by atoms with Crippen molar-refractivity contribution in [3.8, 4) is 16.9 Å². The molecule has 110 valence electrons. The second-order valence-corrected chi connectivity index (χ2v) is 4.89. The maximum absolute atomic E-state index is 13.4. The van der Waals surface area contributed by atoms with Crippen molar-refractivity contribution in [2.24, 2.45) is 0 Å². The van der Waals surface area contributed by atoms with Crippen LogP contribution in [-0.2, 0) is 6.61 Å². The van der Waals surface area contributed by atoms with Crippen molar-refractivity contribution in [2.75, 3.05) is 5.73 Å². The normalized spacial score (nSPS) is 10.4. The molecule has 0 spiro atoms. The van der Waals surface area contributed by atoms with Crippen LogP contribution in [0.5, 0.6) is 5.75 Å². The first-order valence-corrected chi connectivity index (χ1v) is 6.90. The van der Waals surface area contributed by atoms with Crippen LogP contribution in [0.2, 0.25) is 0 Å². The molecule has 3 aromatic rings. The highest BCUT2D eigenvalue weighted by atomic mass is 19.1. The van der Waals surface area contributed by atoms with Crippen LogP contribution in [-0.4, -0.2) is 4.98 Å². The van der Waals surface area contributed by atoms with E-state index < -0.39 is 5.82 Å². The Hall–Kier alpha value is -2.88. The summed E-state index contributed by atoms with van der Waals surface area (Å²) in [5.41, 5.74) is 8.23. The van der Waals surface area contributed by atoms with E-state index in [1.54, 1.807) is 0 Å². The van der Waals surface area contributed by atoms with E-state index in [0.717, 1.165) is 17.3 Å². The van der Waals surface area contributed by atoms with Gasteiger partial charge in [0.2, 0.25) is 0 Å². The van der Waals surface area contributed by atoms with Crippen molar-refractivity contribution < 1.29 is 9.13 Å². The van der Waals surface area contributed by atoms with Crippen molar-refractivity contribution >= 4 is 5.82 Å². The lowest BCUT2D eigenvalue weighted by Gasteiger charge is -2.09. The molecule has 0 aliphatic carbocycles. The molecule has 2 aromatic carbocycles. The molecule has 0 radical (unpaired) electrons. The lowest BCUT2D eigenvalue weighted by Crippen LogP contribution is -1.97. The lowest BCUT2D eigenvalue weighted by atomic mass is 10.1. The Labute approximate surface area is 128 Å². The summed E-state index contributed by atoms with van der Waals surface area (Å²) >= 11 is 0. The van der Waals surface area contributed by atoms with Crippen LogP contribution in [0.1, 0.15) is 5.56 Å². The van der Waals surface area contributed by atoms with Gasteiger partial charge in [0.15, 0.2) is 0 Å². The number of nitrogens with two attached hydrogens (primary N) is 1. The quantitative estimate of drug-likeness (QED) is 0.789. The van der Waals surface area contributed by atoms with Gasteiger partial charge in [0, 0.05) is 5.56 Å². The Bertz CT molecular complexity index is 775. The molecular weight excluding hydrogens is 279 g/mol. The molecule has 1 heterocycles. The third-order valence-electron chi connectivity index (χ3n) is 3.28. The van der Waals surface area contributed by atoms with E-state index >= 15 is 0 Å². The average Bonchev–Trinajstić information content (AvgIpc) is 2.56. The largest absolute Gasteiger partial charge is 0.489 e. The fourth-order valence-electron chi connectivity index (χ4n) is 2.18. The standard InChI is InChI=1S/C18H15FN2O/c19-15-10-17(18(20)21-11-15)14-7-4-8-16(9-14)22-12-13-5-2-1-3-6-13/h1-11H,12H2,(H2,20,21). The molecule has 0 amide bonds. The molecule has 2 N–H and O–H groups in total. The summed E-state index contributed by atoms with van der Waals surface area (Å²) in [4.78, 5) is 3.84. The first kappa shape index (κ1) is 14.1. The third-order valence-corrected chi connectivity index (χ3v) is 3.28. The highest BCUT2D eigenvalue weighted by Gasteiger charge is 2.07. The van der Waals surface area contributed by atoms with Gasteiger partial charge in [-0.05, 0) is 29.3 Å². The van der Waals surface area contributed by atoms with Gasteiger partial charge in [-0.2, -0.15) is 0 Å². The Morgan fingerprint density at radius 1 is 1.00 bits per heavy atom. The third kappa shape index (κ3) is 3.23. The van der Waals surface area contributed by atoms with Gasteiger partial charge in [0.05, 0.1) is 6.20 Å². The Kier molecular flexibility index (Phi) is 4.01. The summed E-state index contributed by atoms with van der Waals surface area (Å²) in [5, 5.41) is 0. The summed E-state index contributed by atoms with van der Waals surface area (Å²) in [6.45, 7) is 0.473. The Morgan fingerprint density at radius 3 is 2.64 bits per heavy atom. The predicted octanol–water partition coefficient (Wildman–Crippen LogP) is 4.05. The van der Waals surface area contributed by atoms with E-state index in [1.807, 2.05) is 54.6 Å². The van der Waals surface area contributed by atoms with Crippen LogP contribution in [0.15, 0.2) is 66.9 Å². The molecule has 0 bridgehead atoms. The summed E-state index contributed by atoms with van der Waals surface area (Å²) in [5.74, 6) is 0.575. The number of halogens is 1.